The van der Waals surface area contributed by atoms with Gasteiger partial charge in [0.1, 0.15) is 0 Å². The third-order valence-electron chi connectivity index (χ3n) is 5.60. The molecule has 1 aromatic carbocycles. The molecule has 2 aliphatic heterocycles. The topological polar surface area (TPSA) is 60.9 Å². The molecule has 2 amide bonds. The highest BCUT2D eigenvalue weighted by molar-refractivity contribution is 5.95. The van der Waals surface area contributed by atoms with E-state index in [0.717, 1.165) is 44.2 Å². The van der Waals surface area contributed by atoms with E-state index in [2.05, 4.69) is 6.92 Å². The van der Waals surface area contributed by atoms with E-state index in [-0.39, 0.29) is 18.4 Å². The summed E-state index contributed by atoms with van der Waals surface area (Å²) in [4.78, 5) is 28.4. The fourth-order valence-corrected chi connectivity index (χ4v) is 4.22. The number of benzene rings is 1. The lowest BCUT2D eigenvalue weighted by Gasteiger charge is -2.37. The molecule has 2 aliphatic rings. The van der Waals surface area contributed by atoms with Gasteiger partial charge in [-0.3, -0.25) is 9.59 Å². The first-order chi connectivity index (χ1) is 12.1. The van der Waals surface area contributed by atoms with Gasteiger partial charge in [0.05, 0.1) is 12.1 Å². The van der Waals surface area contributed by atoms with Gasteiger partial charge in [-0.2, -0.15) is 0 Å². The van der Waals surface area contributed by atoms with Crippen molar-refractivity contribution >= 4 is 11.8 Å². The molecule has 2 fully saturated rings. The first-order valence-corrected chi connectivity index (χ1v) is 9.39. The number of hydrogen-bond donors (Lipinski definition) is 1. The molecule has 5 nitrogen and oxygen atoms in total. The Hall–Kier alpha value is -1.88. The smallest absolute Gasteiger partial charge is 0.254 e. The second-order valence-corrected chi connectivity index (χ2v) is 7.31. The molecule has 0 aromatic heterocycles. The molecule has 0 radical (unpaired) electrons. The van der Waals surface area contributed by atoms with E-state index in [4.69, 9.17) is 0 Å². The molecular formula is C20H28N2O3. The van der Waals surface area contributed by atoms with Gasteiger partial charge in [0.15, 0.2) is 0 Å². The molecule has 1 N–H and O–H groups in total. The van der Waals surface area contributed by atoms with Crippen molar-refractivity contribution in [1.82, 2.24) is 9.80 Å². The predicted octanol–water partition coefficient (Wildman–Crippen LogP) is 2.58. The van der Waals surface area contributed by atoms with Crippen molar-refractivity contribution in [3.05, 3.63) is 35.4 Å². The molecule has 1 unspecified atom stereocenters. The Morgan fingerprint density at radius 1 is 1.20 bits per heavy atom. The Morgan fingerprint density at radius 2 is 1.96 bits per heavy atom. The molecule has 0 saturated carbocycles. The molecule has 3 rings (SSSR count). The minimum Gasteiger partial charge on any atom is -0.394 e. The number of likely N-dealkylation sites (tertiary alicyclic amines) is 2. The summed E-state index contributed by atoms with van der Waals surface area (Å²) in [6.45, 7) is 4.27. The van der Waals surface area contributed by atoms with Crippen molar-refractivity contribution in [3.63, 3.8) is 0 Å². The second kappa shape index (κ2) is 7.56. The summed E-state index contributed by atoms with van der Waals surface area (Å²) in [7, 11) is 0. The van der Waals surface area contributed by atoms with Crippen LogP contribution in [0, 0.1) is 0 Å². The summed E-state index contributed by atoms with van der Waals surface area (Å²) >= 11 is 0. The Balaban J connectivity index is 1.71. The number of aliphatic hydroxyl groups is 1. The standard InChI is InChI=1S/C20H28N2O3/c1-2-10-20(15-23)11-4-13-22(20)19(25)17-8-6-16(7-9-17)14-21-12-3-5-18(21)24/h6-9,23H,2-5,10-15H2,1H3. The number of aliphatic hydroxyl groups excluding tert-OH is 1. The van der Waals surface area contributed by atoms with Crippen molar-refractivity contribution in [2.45, 2.75) is 57.5 Å². The van der Waals surface area contributed by atoms with Crippen LogP contribution in [0.25, 0.3) is 0 Å². The van der Waals surface area contributed by atoms with E-state index < -0.39 is 5.54 Å². The lowest BCUT2D eigenvalue weighted by Crippen LogP contribution is -2.50. The molecular weight excluding hydrogens is 316 g/mol. The predicted molar refractivity (Wildman–Crippen MR) is 96.1 cm³/mol. The minimum atomic E-state index is -0.396. The summed E-state index contributed by atoms with van der Waals surface area (Å²) in [5, 5.41) is 9.91. The summed E-state index contributed by atoms with van der Waals surface area (Å²) in [5.74, 6) is 0.216. The molecule has 25 heavy (non-hydrogen) atoms. The maximum atomic E-state index is 13.0. The number of carbonyl (C=O) groups excluding carboxylic acids is 2. The van der Waals surface area contributed by atoms with Crippen LogP contribution in [0.4, 0.5) is 0 Å². The van der Waals surface area contributed by atoms with E-state index in [1.165, 1.54) is 0 Å². The minimum absolute atomic E-state index is 0.00352. The van der Waals surface area contributed by atoms with Crippen LogP contribution in [-0.2, 0) is 11.3 Å². The normalized spacial score (nSPS) is 23.5. The monoisotopic (exact) mass is 344 g/mol. The lowest BCUT2D eigenvalue weighted by molar-refractivity contribution is -0.128. The van der Waals surface area contributed by atoms with Gasteiger partial charge in [-0.1, -0.05) is 25.5 Å². The Morgan fingerprint density at radius 3 is 2.56 bits per heavy atom. The quantitative estimate of drug-likeness (QED) is 0.863. The van der Waals surface area contributed by atoms with Crippen LogP contribution < -0.4 is 0 Å². The number of carbonyl (C=O) groups is 2. The summed E-state index contributed by atoms with van der Waals surface area (Å²) in [5.41, 5.74) is 1.31. The first kappa shape index (κ1) is 17.9. The van der Waals surface area contributed by atoms with Gasteiger partial charge in [0.25, 0.3) is 5.91 Å². The van der Waals surface area contributed by atoms with Crippen molar-refractivity contribution in [2.75, 3.05) is 19.7 Å². The zero-order chi connectivity index (χ0) is 17.9. The van der Waals surface area contributed by atoms with Gasteiger partial charge in [0.2, 0.25) is 5.91 Å². The van der Waals surface area contributed by atoms with Crippen molar-refractivity contribution < 1.29 is 14.7 Å². The van der Waals surface area contributed by atoms with Gasteiger partial charge < -0.3 is 14.9 Å². The van der Waals surface area contributed by atoms with E-state index in [1.54, 1.807) is 0 Å². The molecule has 136 valence electrons. The summed E-state index contributed by atoms with van der Waals surface area (Å²) in [6.07, 6.45) is 5.19. The van der Waals surface area contributed by atoms with Gasteiger partial charge in [-0.25, -0.2) is 0 Å². The van der Waals surface area contributed by atoms with E-state index >= 15 is 0 Å². The maximum absolute atomic E-state index is 13.0. The molecule has 1 aromatic rings. The number of hydrogen-bond acceptors (Lipinski definition) is 3. The Bertz CT molecular complexity index is 628. The molecule has 1 atom stereocenters. The highest BCUT2D eigenvalue weighted by Gasteiger charge is 2.42. The third-order valence-corrected chi connectivity index (χ3v) is 5.60. The van der Waals surface area contributed by atoms with Gasteiger partial charge in [0, 0.05) is 31.6 Å². The van der Waals surface area contributed by atoms with E-state index in [0.29, 0.717) is 25.1 Å². The van der Waals surface area contributed by atoms with E-state index in [1.807, 2.05) is 34.1 Å². The fourth-order valence-electron chi connectivity index (χ4n) is 4.22. The third kappa shape index (κ3) is 3.56. The lowest BCUT2D eigenvalue weighted by atomic mass is 9.91. The molecule has 0 spiro atoms. The van der Waals surface area contributed by atoms with Crippen LogP contribution in [0.15, 0.2) is 24.3 Å². The van der Waals surface area contributed by atoms with Crippen LogP contribution in [0.5, 0.6) is 0 Å². The number of rotatable bonds is 6. The van der Waals surface area contributed by atoms with Crippen LogP contribution >= 0.6 is 0 Å². The molecule has 0 aliphatic carbocycles. The zero-order valence-corrected chi connectivity index (χ0v) is 15.0. The SMILES string of the molecule is CCCC1(CO)CCCN1C(=O)c1ccc(CN2CCCC2=O)cc1. The fraction of sp³-hybridized carbons (Fsp3) is 0.600. The van der Waals surface area contributed by atoms with Gasteiger partial charge in [-0.15, -0.1) is 0 Å². The van der Waals surface area contributed by atoms with Gasteiger partial charge in [-0.05, 0) is 43.4 Å². The maximum Gasteiger partial charge on any atom is 0.254 e. The second-order valence-electron chi connectivity index (χ2n) is 7.31. The van der Waals surface area contributed by atoms with E-state index in [9.17, 15) is 14.7 Å². The van der Waals surface area contributed by atoms with Gasteiger partial charge >= 0.3 is 0 Å². The number of amides is 2. The average molecular weight is 344 g/mol. The first-order valence-electron chi connectivity index (χ1n) is 9.39. The highest BCUT2D eigenvalue weighted by Crippen LogP contribution is 2.34. The summed E-state index contributed by atoms with van der Waals surface area (Å²) in [6, 6.07) is 7.58. The van der Waals surface area contributed by atoms with Crippen molar-refractivity contribution in [2.24, 2.45) is 0 Å². The van der Waals surface area contributed by atoms with Crippen LogP contribution in [0.3, 0.4) is 0 Å². The molecule has 2 saturated heterocycles. The Kier molecular flexibility index (Phi) is 5.42. The molecule has 5 heteroatoms. The number of nitrogens with zero attached hydrogens (tertiary/aromatic N) is 2. The van der Waals surface area contributed by atoms with Crippen LogP contribution in [0.2, 0.25) is 0 Å². The van der Waals surface area contributed by atoms with Crippen LogP contribution in [0.1, 0.15) is 61.4 Å². The zero-order valence-electron chi connectivity index (χ0n) is 15.0. The van der Waals surface area contributed by atoms with Crippen molar-refractivity contribution in [3.8, 4) is 0 Å². The Labute approximate surface area is 149 Å². The molecule has 2 heterocycles. The molecule has 0 bridgehead atoms. The largest absolute Gasteiger partial charge is 0.394 e. The summed E-state index contributed by atoms with van der Waals surface area (Å²) < 4.78 is 0. The van der Waals surface area contributed by atoms with Crippen molar-refractivity contribution in [1.29, 1.82) is 0 Å². The van der Waals surface area contributed by atoms with Crippen LogP contribution in [-0.4, -0.2) is 52.0 Å². The highest BCUT2D eigenvalue weighted by atomic mass is 16.3. The average Bonchev–Trinajstić information content (AvgIpc) is 3.22.